The van der Waals surface area contributed by atoms with Gasteiger partial charge < -0.3 is 10.4 Å². The summed E-state index contributed by atoms with van der Waals surface area (Å²) in [4.78, 5) is 22.9. The fourth-order valence-electron chi connectivity index (χ4n) is 1.77. The molecular formula is C13H17N5OS. The van der Waals surface area contributed by atoms with E-state index in [0.29, 0.717) is 16.7 Å². The third kappa shape index (κ3) is 3.82. The predicted molar refractivity (Wildman–Crippen MR) is 80.5 cm³/mol. The average Bonchev–Trinajstić information content (AvgIpc) is 2.45. The lowest BCUT2D eigenvalue weighted by Crippen LogP contribution is -2.11. The van der Waals surface area contributed by atoms with E-state index < -0.39 is 0 Å². The number of nitrogens with two attached hydrogens (primary N) is 1. The van der Waals surface area contributed by atoms with Gasteiger partial charge in [0.15, 0.2) is 5.16 Å². The molecule has 0 atom stereocenters. The van der Waals surface area contributed by atoms with Crippen LogP contribution in [0.2, 0.25) is 0 Å². The van der Waals surface area contributed by atoms with Gasteiger partial charge in [-0.3, -0.25) is 4.79 Å². The van der Waals surface area contributed by atoms with Crippen LogP contribution in [0, 0.1) is 0 Å². The van der Waals surface area contributed by atoms with Crippen LogP contribution in [-0.2, 0) is 12.2 Å². The number of nitrogens with one attached hydrogen (secondary N) is 2. The molecule has 7 heteroatoms. The molecular weight excluding hydrogens is 274 g/mol. The molecule has 0 aliphatic heterocycles. The third-order valence-electron chi connectivity index (χ3n) is 2.67. The van der Waals surface area contributed by atoms with Gasteiger partial charge in [0.2, 0.25) is 0 Å². The van der Waals surface area contributed by atoms with E-state index in [-0.39, 0.29) is 5.56 Å². The van der Waals surface area contributed by atoms with E-state index in [1.807, 2.05) is 12.1 Å². The zero-order valence-electron chi connectivity index (χ0n) is 11.2. The smallest absolute Gasteiger partial charge is 0.251 e. The second-order valence-electron chi connectivity index (χ2n) is 4.24. The zero-order chi connectivity index (χ0) is 14.4. The fourth-order valence-corrected chi connectivity index (χ4v) is 2.65. The SMILES string of the molecule is CCCc1cc(=O)[nH]c(SCc2cccnc2NN)n1. The Morgan fingerprint density at radius 2 is 2.35 bits per heavy atom. The van der Waals surface area contributed by atoms with Gasteiger partial charge in [0, 0.05) is 29.3 Å². The molecule has 0 aromatic carbocycles. The van der Waals surface area contributed by atoms with E-state index in [0.717, 1.165) is 24.1 Å². The van der Waals surface area contributed by atoms with Crippen molar-refractivity contribution in [3.63, 3.8) is 0 Å². The molecule has 2 aromatic heterocycles. The predicted octanol–water partition coefficient (Wildman–Crippen LogP) is 1.70. The first-order chi connectivity index (χ1) is 9.72. The molecule has 0 fully saturated rings. The van der Waals surface area contributed by atoms with Crippen molar-refractivity contribution in [3.05, 3.63) is 46.0 Å². The molecule has 20 heavy (non-hydrogen) atoms. The highest BCUT2D eigenvalue weighted by molar-refractivity contribution is 7.98. The van der Waals surface area contributed by atoms with Crippen LogP contribution in [0.15, 0.2) is 34.3 Å². The van der Waals surface area contributed by atoms with Gasteiger partial charge in [-0.15, -0.1) is 0 Å². The molecule has 0 unspecified atom stereocenters. The highest BCUT2D eigenvalue weighted by Crippen LogP contribution is 2.22. The van der Waals surface area contributed by atoms with E-state index in [4.69, 9.17) is 5.84 Å². The summed E-state index contributed by atoms with van der Waals surface area (Å²) in [5.41, 5.74) is 4.22. The van der Waals surface area contributed by atoms with Gasteiger partial charge in [-0.25, -0.2) is 15.8 Å². The van der Waals surface area contributed by atoms with Crippen LogP contribution in [0.1, 0.15) is 24.6 Å². The molecule has 0 aliphatic carbocycles. The van der Waals surface area contributed by atoms with Crippen molar-refractivity contribution >= 4 is 17.6 Å². The first kappa shape index (κ1) is 14.5. The van der Waals surface area contributed by atoms with Gasteiger partial charge in [0.25, 0.3) is 5.56 Å². The van der Waals surface area contributed by atoms with Crippen molar-refractivity contribution in [1.29, 1.82) is 0 Å². The number of nitrogens with zero attached hydrogens (tertiary/aromatic N) is 2. The Kier molecular flexibility index (Phi) is 5.14. The number of rotatable bonds is 6. The molecule has 106 valence electrons. The van der Waals surface area contributed by atoms with Crippen LogP contribution in [-0.4, -0.2) is 15.0 Å². The lowest BCUT2D eigenvalue weighted by Gasteiger charge is -2.07. The summed E-state index contributed by atoms with van der Waals surface area (Å²) in [5, 5.41) is 0.618. The summed E-state index contributed by atoms with van der Waals surface area (Å²) < 4.78 is 0. The minimum Gasteiger partial charge on any atom is -0.308 e. The average molecular weight is 291 g/mol. The molecule has 0 aliphatic rings. The highest BCUT2D eigenvalue weighted by Gasteiger charge is 2.05. The van der Waals surface area contributed by atoms with Crippen molar-refractivity contribution in [2.24, 2.45) is 5.84 Å². The molecule has 2 heterocycles. The first-order valence-corrected chi connectivity index (χ1v) is 7.35. The second-order valence-corrected chi connectivity index (χ2v) is 5.20. The van der Waals surface area contributed by atoms with Gasteiger partial charge in [0.1, 0.15) is 5.82 Å². The van der Waals surface area contributed by atoms with Crippen LogP contribution >= 0.6 is 11.8 Å². The molecule has 0 radical (unpaired) electrons. The number of thioether (sulfide) groups is 1. The Balaban J connectivity index is 2.12. The summed E-state index contributed by atoms with van der Waals surface area (Å²) in [5.74, 6) is 6.67. The van der Waals surface area contributed by atoms with E-state index in [1.54, 1.807) is 12.3 Å². The van der Waals surface area contributed by atoms with Gasteiger partial charge in [-0.1, -0.05) is 31.2 Å². The Bertz CT molecular complexity index is 628. The first-order valence-electron chi connectivity index (χ1n) is 6.36. The van der Waals surface area contributed by atoms with Crippen molar-refractivity contribution < 1.29 is 0 Å². The monoisotopic (exact) mass is 291 g/mol. The molecule has 4 N–H and O–H groups in total. The van der Waals surface area contributed by atoms with Gasteiger partial charge in [-0.05, 0) is 12.5 Å². The minimum atomic E-state index is -0.116. The zero-order valence-corrected chi connectivity index (χ0v) is 12.0. The molecule has 0 amide bonds. The standard InChI is InChI=1S/C13H17N5OS/c1-2-4-10-7-11(19)17-13(16-10)20-8-9-5-3-6-15-12(9)18-14/h3,5-7H,2,4,8,14H2,1H3,(H,15,18)(H,16,17,19). The summed E-state index contributed by atoms with van der Waals surface area (Å²) in [6, 6.07) is 5.33. The van der Waals surface area contributed by atoms with Gasteiger partial charge >= 0.3 is 0 Å². The number of anilines is 1. The van der Waals surface area contributed by atoms with Gasteiger partial charge in [0.05, 0.1) is 0 Å². The Morgan fingerprint density at radius 1 is 1.50 bits per heavy atom. The quantitative estimate of drug-likeness (QED) is 0.324. The number of pyridine rings is 1. The van der Waals surface area contributed by atoms with Crippen molar-refractivity contribution in [2.45, 2.75) is 30.7 Å². The Morgan fingerprint density at radius 3 is 3.10 bits per heavy atom. The minimum absolute atomic E-state index is 0.116. The largest absolute Gasteiger partial charge is 0.308 e. The number of aromatic amines is 1. The number of hydrogen-bond acceptors (Lipinski definition) is 6. The summed E-state index contributed by atoms with van der Waals surface area (Å²) in [6.07, 6.45) is 3.44. The summed E-state index contributed by atoms with van der Waals surface area (Å²) in [7, 11) is 0. The van der Waals surface area contributed by atoms with Crippen molar-refractivity contribution in [1.82, 2.24) is 15.0 Å². The van der Waals surface area contributed by atoms with Crippen LogP contribution in [0.5, 0.6) is 0 Å². The topological polar surface area (TPSA) is 96.7 Å². The lowest BCUT2D eigenvalue weighted by atomic mass is 10.2. The maximum atomic E-state index is 11.6. The fraction of sp³-hybridized carbons (Fsp3) is 0.308. The highest BCUT2D eigenvalue weighted by atomic mass is 32.2. The Hall–Kier alpha value is -1.86. The number of aryl methyl sites for hydroxylation is 1. The molecule has 0 saturated heterocycles. The van der Waals surface area contributed by atoms with E-state index in [9.17, 15) is 4.79 Å². The van der Waals surface area contributed by atoms with Crippen molar-refractivity contribution in [2.75, 3.05) is 5.43 Å². The normalized spacial score (nSPS) is 10.5. The molecule has 2 aromatic rings. The van der Waals surface area contributed by atoms with Crippen LogP contribution in [0.3, 0.4) is 0 Å². The van der Waals surface area contributed by atoms with E-state index in [1.165, 1.54) is 11.8 Å². The third-order valence-corrected chi connectivity index (χ3v) is 3.59. The van der Waals surface area contributed by atoms with Crippen molar-refractivity contribution in [3.8, 4) is 0 Å². The lowest BCUT2D eigenvalue weighted by molar-refractivity contribution is 0.816. The Labute approximate surface area is 121 Å². The number of hydrogen-bond donors (Lipinski definition) is 3. The second kappa shape index (κ2) is 7.06. The van der Waals surface area contributed by atoms with Crippen LogP contribution in [0.25, 0.3) is 0 Å². The van der Waals surface area contributed by atoms with Gasteiger partial charge in [-0.2, -0.15) is 0 Å². The number of hydrazine groups is 1. The summed E-state index contributed by atoms with van der Waals surface area (Å²) in [6.45, 7) is 2.06. The maximum absolute atomic E-state index is 11.6. The van der Waals surface area contributed by atoms with E-state index in [2.05, 4.69) is 27.3 Å². The van der Waals surface area contributed by atoms with Crippen LogP contribution in [0.4, 0.5) is 5.82 Å². The molecule has 0 bridgehead atoms. The molecule has 0 spiro atoms. The van der Waals surface area contributed by atoms with E-state index >= 15 is 0 Å². The maximum Gasteiger partial charge on any atom is 0.251 e. The number of H-pyrrole nitrogens is 1. The number of aromatic nitrogens is 3. The summed E-state index contributed by atoms with van der Waals surface area (Å²) >= 11 is 1.46. The van der Waals surface area contributed by atoms with Crippen LogP contribution < -0.4 is 16.8 Å². The molecule has 2 rings (SSSR count). The number of nitrogen functional groups attached to an aromatic ring is 1. The molecule has 6 nitrogen and oxygen atoms in total. The molecule has 0 saturated carbocycles.